The molecule has 0 aromatic carbocycles. The van der Waals surface area contributed by atoms with Gasteiger partial charge in [-0.3, -0.25) is 0 Å². The summed E-state index contributed by atoms with van der Waals surface area (Å²) in [6.07, 6.45) is -3.16. The third-order valence-electron chi connectivity index (χ3n) is 1.49. The number of pyridine rings is 1. The zero-order chi connectivity index (χ0) is 9.35. The minimum Gasteiger partial charge on any atom is -0.357 e. The first-order valence-corrected chi connectivity index (χ1v) is 3.59. The minimum atomic E-state index is -4.35. The molecule has 0 bridgehead atoms. The van der Waals surface area contributed by atoms with E-state index in [1.165, 1.54) is 19.2 Å². The van der Waals surface area contributed by atoms with Crippen LogP contribution in [0.2, 0.25) is 0 Å². The Balaban J connectivity index is 3.36. The Morgan fingerprint density at radius 2 is 2.00 bits per heavy atom. The van der Waals surface area contributed by atoms with Crippen molar-refractivity contribution in [3.63, 3.8) is 0 Å². The topological polar surface area (TPSA) is 15.8 Å². The Hall–Kier alpha value is -0.840. The molecule has 0 amide bonds. The van der Waals surface area contributed by atoms with Crippen molar-refractivity contribution in [2.45, 2.75) is 13.1 Å². The Bertz CT molecular complexity index is 339. The second-order valence-corrected chi connectivity index (χ2v) is 2.78. The summed E-state index contributed by atoms with van der Waals surface area (Å²) in [5.74, 6) is 0. The van der Waals surface area contributed by atoms with Crippen molar-refractivity contribution in [1.29, 1.82) is 0 Å². The lowest BCUT2D eigenvalue weighted by atomic mass is 10.2. The molecule has 1 heterocycles. The smallest absolute Gasteiger partial charge is 0.357 e. The summed E-state index contributed by atoms with van der Waals surface area (Å²) in [7, 11) is 0. The highest BCUT2D eigenvalue weighted by Crippen LogP contribution is 2.29. The highest BCUT2D eigenvalue weighted by molar-refractivity contribution is 7.71. The molecule has 0 saturated heterocycles. The average Bonchev–Trinajstić information content (AvgIpc) is 1.92. The number of aromatic nitrogens is 1. The maximum atomic E-state index is 12.2. The molecule has 0 saturated carbocycles. The van der Waals surface area contributed by atoms with E-state index >= 15 is 0 Å². The number of H-pyrrole nitrogens is 1. The summed E-state index contributed by atoms with van der Waals surface area (Å²) in [6.45, 7) is 1.35. The molecule has 0 fully saturated rings. The lowest BCUT2D eigenvalue weighted by Crippen LogP contribution is -2.10. The van der Waals surface area contributed by atoms with Gasteiger partial charge in [-0.25, -0.2) is 0 Å². The SMILES string of the molecule is Cc1c(C(F)(F)F)[nH]ccc1=S. The van der Waals surface area contributed by atoms with Crippen LogP contribution in [0.1, 0.15) is 11.3 Å². The van der Waals surface area contributed by atoms with E-state index in [1.54, 1.807) is 0 Å². The highest BCUT2D eigenvalue weighted by atomic mass is 32.1. The Labute approximate surface area is 72.2 Å². The number of aromatic amines is 1. The van der Waals surface area contributed by atoms with E-state index in [9.17, 15) is 13.2 Å². The molecule has 0 unspecified atom stereocenters. The van der Waals surface area contributed by atoms with E-state index in [2.05, 4.69) is 17.2 Å². The van der Waals surface area contributed by atoms with Crippen molar-refractivity contribution in [2.24, 2.45) is 0 Å². The first-order valence-electron chi connectivity index (χ1n) is 3.18. The van der Waals surface area contributed by atoms with Crippen molar-refractivity contribution >= 4 is 12.2 Å². The standard InChI is InChI=1S/C7H6F3NS/c1-4-5(12)2-3-11-6(4)7(8,9)10/h2-3H,1H3,(H,11,12). The summed E-state index contributed by atoms with van der Waals surface area (Å²) >= 11 is 4.69. The molecule has 1 nitrogen and oxygen atoms in total. The van der Waals surface area contributed by atoms with Gasteiger partial charge >= 0.3 is 6.18 Å². The van der Waals surface area contributed by atoms with Crippen LogP contribution in [-0.2, 0) is 6.18 Å². The van der Waals surface area contributed by atoms with Gasteiger partial charge in [-0.1, -0.05) is 12.2 Å². The first-order chi connectivity index (χ1) is 5.43. The quantitative estimate of drug-likeness (QED) is 0.626. The largest absolute Gasteiger partial charge is 0.431 e. The summed E-state index contributed by atoms with van der Waals surface area (Å²) in [5.41, 5.74) is -0.699. The number of hydrogen-bond donors (Lipinski definition) is 1. The molecule has 12 heavy (non-hydrogen) atoms. The van der Waals surface area contributed by atoms with Gasteiger partial charge in [0.2, 0.25) is 0 Å². The third kappa shape index (κ3) is 1.66. The second kappa shape index (κ2) is 2.90. The molecule has 0 spiro atoms. The fraction of sp³-hybridized carbons (Fsp3) is 0.286. The predicted octanol–water partition coefficient (Wildman–Crippen LogP) is 3.07. The lowest BCUT2D eigenvalue weighted by Gasteiger charge is -2.08. The number of halogens is 3. The van der Waals surface area contributed by atoms with Gasteiger partial charge < -0.3 is 4.98 Å². The van der Waals surface area contributed by atoms with Gasteiger partial charge in [0.25, 0.3) is 0 Å². The molecule has 0 aliphatic rings. The second-order valence-electron chi connectivity index (χ2n) is 2.34. The van der Waals surface area contributed by atoms with Gasteiger partial charge in [0.1, 0.15) is 5.69 Å². The van der Waals surface area contributed by atoms with E-state index in [1.807, 2.05) is 0 Å². The fourth-order valence-electron chi connectivity index (χ4n) is 0.852. The van der Waals surface area contributed by atoms with Crippen LogP contribution >= 0.6 is 12.2 Å². The summed E-state index contributed by atoms with van der Waals surface area (Å²) in [4.78, 5) is 2.13. The van der Waals surface area contributed by atoms with Crippen LogP contribution in [0, 0.1) is 11.4 Å². The molecule has 0 aliphatic heterocycles. The van der Waals surface area contributed by atoms with Gasteiger partial charge in [0.05, 0.1) is 0 Å². The molecule has 1 N–H and O–H groups in total. The number of alkyl halides is 3. The molecular weight excluding hydrogens is 187 g/mol. The molecular formula is C7H6F3NS. The fourth-order valence-corrected chi connectivity index (χ4v) is 1.02. The zero-order valence-corrected chi connectivity index (χ0v) is 7.01. The van der Waals surface area contributed by atoms with Crippen LogP contribution in [0.4, 0.5) is 13.2 Å². The summed E-state index contributed by atoms with van der Waals surface area (Å²) in [6, 6.07) is 1.43. The first kappa shape index (κ1) is 9.25. The zero-order valence-electron chi connectivity index (χ0n) is 6.20. The van der Waals surface area contributed by atoms with Gasteiger partial charge in [-0.2, -0.15) is 13.2 Å². The van der Waals surface area contributed by atoms with Crippen LogP contribution in [0.25, 0.3) is 0 Å². The summed E-state index contributed by atoms with van der Waals surface area (Å²) in [5, 5.41) is 0. The van der Waals surface area contributed by atoms with Gasteiger partial charge in [0.15, 0.2) is 0 Å². The van der Waals surface area contributed by atoms with Gasteiger partial charge in [0, 0.05) is 10.7 Å². The van der Waals surface area contributed by atoms with Crippen LogP contribution in [0.5, 0.6) is 0 Å². The Kier molecular flexibility index (Phi) is 2.23. The normalized spacial score (nSPS) is 11.7. The lowest BCUT2D eigenvalue weighted by molar-refractivity contribution is -0.141. The maximum Gasteiger partial charge on any atom is 0.431 e. The van der Waals surface area contributed by atoms with Crippen LogP contribution in [0.3, 0.4) is 0 Å². The molecule has 1 aromatic rings. The van der Waals surface area contributed by atoms with Gasteiger partial charge in [-0.15, -0.1) is 0 Å². The molecule has 1 rings (SSSR count). The number of rotatable bonds is 0. The van der Waals surface area contributed by atoms with E-state index in [0.717, 1.165) is 0 Å². The highest BCUT2D eigenvalue weighted by Gasteiger charge is 2.33. The molecule has 0 radical (unpaired) electrons. The van der Waals surface area contributed by atoms with Crippen molar-refractivity contribution in [1.82, 2.24) is 4.98 Å². The molecule has 66 valence electrons. The molecule has 0 atom stereocenters. The molecule has 1 aromatic heterocycles. The average molecular weight is 193 g/mol. The van der Waals surface area contributed by atoms with Crippen LogP contribution < -0.4 is 0 Å². The van der Waals surface area contributed by atoms with Crippen LogP contribution in [-0.4, -0.2) is 4.98 Å². The molecule has 0 aliphatic carbocycles. The van der Waals surface area contributed by atoms with E-state index < -0.39 is 11.9 Å². The van der Waals surface area contributed by atoms with Gasteiger partial charge in [-0.05, 0) is 18.6 Å². The van der Waals surface area contributed by atoms with Crippen molar-refractivity contribution in [3.05, 3.63) is 28.0 Å². The number of nitrogens with one attached hydrogen (secondary N) is 1. The Morgan fingerprint density at radius 1 is 1.42 bits per heavy atom. The minimum absolute atomic E-state index is 0.0694. The van der Waals surface area contributed by atoms with Crippen molar-refractivity contribution in [2.75, 3.05) is 0 Å². The maximum absolute atomic E-state index is 12.2. The van der Waals surface area contributed by atoms with E-state index in [-0.39, 0.29) is 10.1 Å². The monoisotopic (exact) mass is 193 g/mol. The van der Waals surface area contributed by atoms with E-state index in [0.29, 0.717) is 0 Å². The third-order valence-corrected chi connectivity index (χ3v) is 1.93. The Morgan fingerprint density at radius 3 is 2.42 bits per heavy atom. The predicted molar refractivity (Wildman–Crippen MR) is 41.4 cm³/mol. The number of hydrogen-bond acceptors (Lipinski definition) is 1. The van der Waals surface area contributed by atoms with Crippen molar-refractivity contribution in [3.8, 4) is 0 Å². The van der Waals surface area contributed by atoms with Crippen molar-refractivity contribution < 1.29 is 13.2 Å². The van der Waals surface area contributed by atoms with Crippen LogP contribution in [0.15, 0.2) is 12.3 Å². The molecule has 5 heteroatoms. The van der Waals surface area contributed by atoms with E-state index in [4.69, 9.17) is 0 Å². The summed E-state index contributed by atoms with van der Waals surface area (Å²) < 4.78 is 36.7.